The molecule has 8 rings (SSSR count). The van der Waals surface area contributed by atoms with E-state index < -0.39 is 200 Å². The molecule has 8 unspecified atom stereocenters. The van der Waals surface area contributed by atoms with Gasteiger partial charge in [0.2, 0.25) is 17.8 Å². The molecular weight excluding hydrogens is 936 g/mol. The highest BCUT2D eigenvalue weighted by atomic mass is 16.8. The van der Waals surface area contributed by atoms with Crippen molar-refractivity contribution < 1.29 is 133 Å². The van der Waals surface area contributed by atoms with Crippen LogP contribution in [-0.4, -0.2) is 159 Å². The van der Waals surface area contributed by atoms with E-state index in [1.54, 1.807) is 0 Å². The van der Waals surface area contributed by atoms with Gasteiger partial charge in [0.1, 0.15) is 31.3 Å². The van der Waals surface area contributed by atoms with E-state index in [0.29, 0.717) is 42.5 Å². The van der Waals surface area contributed by atoms with Gasteiger partial charge in [-0.05, 0) is 42.5 Å². The molecule has 0 aromatic heterocycles. The number of carbonyl (C=O) groups excluding carboxylic acids is 7. The summed E-state index contributed by atoms with van der Waals surface area (Å²) in [5, 5.41) is 124. The molecule has 12 N–H and O–H groups in total. The van der Waals surface area contributed by atoms with Crippen molar-refractivity contribution in [2.45, 2.75) is 48.3 Å². The third kappa shape index (κ3) is 7.69. The minimum atomic E-state index is -3.08. The summed E-state index contributed by atoms with van der Waals surface area (Å²) in [7, 11) is 0. The van der Waals surface area contributed by atoms with E-state index in [1.807, 2.05) is 0 Å². The lowest BCUT2D eigenvalue weighted by Gasteiger charge is -2.39. The van der Waals surface area contributed by atoms with Crippen molar-refractivity contribution in [3.05, 3.63) is 70.3 Å². The number of ketones is 1. The topological polar surface area (TPSA) is 436 Å². The van der Waals surface area contributed by atoms with Crippen LogP contribution in [0.5, 0.6) is 69.0 Å². The maximum absolute atomic E-state index is 15.0. The van der Waals surface area contributed by atoms with Gasteiger partial charge in [0, 0.05) is 17.0 Å². The summed E-state index contributed by atoms with van der Waals surface area (Å²) in [4.78, 5) is 96.1. The van der Waals surface area contributed by atoms with Gasteiger partial charge in [0.05, 0.1) is 16.7 Å². The van der Waals surface area contributed by atoms with Crippen LogP contribution in [0.15, 0.2) is 42.5 Å². The molecule has 0 radical (unpaired) electrons. The summed E-state index contributed by atoms with van der Waals surface area (Å²) in [6.45, 7) is -2.74. The van der Waals surface area contributed by atoms with Crippen LogP contribution >= 0.6 is 0 Å². The summed E-state index contributed by atoms with van der Waals surface area (Å²) < 4.78 is 44.8. The zero-order valence-electron chi connectivity index (χ0n) is 34.1. The van der Waals surface area contributed by atoms with Gasteiger partial charge in [-0.15, -0.1) is 0 Å². The van der Waals surface area contributed by atoms with Crippen LogP contribution in [0.25, 0.3) is 0 Å². The predicted octanol–water partition coefficient (Wildman–Crippen LogP) is -0.489. The number of Topliss-reactive ketones (excluding diaryl/α,β-unsaturated/α-hetero) is 1. The van der Waals surface area contributed by atoms with Gasteiger partial charge in [-0.25, -0.2) is 19.2 Å². The molecule has 27 nitrogen and oxygen atoms in total. The lowest BCUT2D eigenvalue weighted by molar-refractivity contribution is -0.250. The Morgan fingerprint density at radius 3 is 1.71 bits per heavy atom. The maximum Gasteiger partial charge on any atom is 0.341 e. The van der Waals surface area contributed by atoms with Crippen molar-refractivity contribution in [1.29, 1.82) is 0 Å². The Morgan fingerprint density at radius 2 is 1.16 bits per heavy atom. The number of aliphatic hydroxyl groups excluding tert-OH is 1. The molecule has 0 spiro atoms. The van der Waals surface area contributed by atoms with Crippen LogP contribution in [0.3, 0.4) is 0 Å². The Hall–Kier alpha value is -8.95. The van der Waals surface area contributed by atoms with Gasteiger partial charge in [0.15, 0.2) is 87.2 Å². The van der Waals surface area contributed by atoms with Gasteiger partial charge < -0.3 is 99.2 Å². The molecule has 2 saturated heterocycles. The van der Waals surface area contributed by atoms with Crippen LogP contribution in [0.4, 0.5) is 0 Å². The van der Waals surface area contributed by atoms with E-state index >= 15 is 4.79 Å². The lowest BCUT2D eigenvalue weighted by atomic mass is 9.77. The normalized spacial score (nSPS) is 25.7. The molecule has 0 amide bonds. The summed E-state index contributed by atoms with van der Waals surface area (Å²) in [6.07, 6.45) is -14.1. The van der Waals surface area contributed by atoms with E-state index in [2.05, 4.69) is 0 Å². The fourth-order valence-corrected chi connectivity index (χ4v) is 8.21. The molecule has 4 bridgehead atoms. The molecule has 362 valence electrons. The highest BCUT2D eigenvalue weighted by Crippen LogP contribution is 2.53. The fraction of sp³-hybridized carbons (Fsp3) is 0.262. The van der Waals surface area contributed by atoms with Crippen LogP contribution in [0.2, 0.25) is 0 Å². The zero-order chi connectivity index (χ0) is 50.1. The summed E-state index contributed by atoms with van der Waals surface area (Å²) >= 11 is 0. The van der Waals surface area contributed by atoms with Gasteiger partial charge in [-0.1, -0.05) is 0 Å². The second-order valence-electron chi connectivity index (χ2n) is 15.5. The minimum Gasteiger partial charge on any atom is -0.504 e. The monoisotopic (exact) mass is 968 g/mol. The number of ether oxygens (including phenoxy) is 8. The van der Waals surface area contributed by atoms with Gasteiger partial charge in [-0.2, -0.15) is 0 Å². The standard InChI is InChI=1S/C42H32O27/c43-10-62-8-15-23-24-14(7-22(50)28(54)30(24)64-40(61)29(23)55)38(59)66-33-31-32(65-39(15)60)35(67-41(33)68-37(58)13-5-20(48)27(53)21(49)6-13)42(69-31,34(56)11-1-16(44)25(51)17(45)2-11)9-63-36(57)12-3-18(46)26(52)19(47)4-12/h1-7,10,15,23,29,31-33,35,41,44-55H,8-9H2/t15?,23?,29-,31?,32?,33?,35?,41?,42?/m0/s1. The molecule has 4 heterocycles. The zero-order valence-corrected chi connectivity index (χ0v) is 34.1. The molecule has 27 heteroatoms. The number of aliphatic hydroxyl groups is 1. The number of phenolic OH excluding ortho intramolecular Hbond substituents is 11. The Kier molecular flexibility index (Phi) is 11.5. The maximum atomic E-state index is 15.0. The second kappa shape index (κ2) is 17.0. The molecule has 4 aliphatic heterocycles. The molecule has 9 atom stereocenters. The number of rotatable bonds is 10. The molecule has 4 aromatic rings. The quantitative estimate of drug-likeness (QED) is 0.0238. The Morgan fingerprint density at radius 1 is 0.638 bits per heavy atom. The average Bonchev–Trinajstić information content (AvgIpc) is 3.52. The van der Waals surface area contributed by atoms with E-state index in [1.165, 1.54) is 0 Å². The van der Waals surface area contributed by atoms with Crippen molar-refractivity contribution >= 4 is 42.1 Å². The third-order valence-corrected chi connectivity index (χ3v) is 11.5. The molecule has 0 saturated carbocycles. The van der Waals surface area contributed by atoms with Crippen LogP contribution in [0, 0.1) is 5.92 Å². The highest BCUT2D eigenvalue weighted by molar-refractivity contribution is 6.05. The molecule has 4 aliphatic rings. The molecule has 0 aliphatic carbocycles. The number of phenols is 11. The Bertz CT molecular complexity index is 2820. The number of aromatic hydroxyl groups is 11. The minimum absolute atomic E-state index is 0.177. The first kappa shape index (κ1) is 46.6. The predicted molar refractivity (Wildman–Crippen MR) is 209 cm³/mol. The van der Waals surface area contributed by atoms with Crippen molar-refractivity contribution in [3.63, 3.8) is 0 Å². The number of esters is 5. The molecule has 4 aromatic carbocycles. The van der Waals surface area contributed by atoms with Gasteiger partial charge >= 0.3 is 29.8 Å². The Labute approximate surface area is 381 Å². The summed E-state index contributed by atoms with van der Waals surface area (Å²) in [5.41, 5.74) is -6.96. The first-order valence-electron chi connectivity index (χ1n) is 19.5. The Balaban J connectivity index is 1.33. The van der Waals surface area contributed by atoms with Crippen molar-refractivity contribution in [2.75, 3.05) is 13.2 Å². The van der Waals surface area contributed by atoms with Gasteiger partial charge in [0.25, 0.3) is 6.47 Å². The first-order chi connectivity index (χ1) is 32.6. The number of hydrogen-bond acceptors (Lipinski definition) is 27. The van der Waals surface area contributed by atoms with Gasteiger partial charge in [-0.3, -0.25) is 14.4 Å². The van der Waals surface area contributed by atoms with Crippen LogP contribution in [0.1, 0.15) is 52.9 Å². The SMILES string of the molecule is O=COCC1C(=O)OC2C3OC(COC(=O)c4cc(O)c(O)c(O)c4)(C(=O)c4cc(O)c(O)c(O)c4)C2OC(OC(=O)c2cc(O)c(O)c(O)c2)C3OC(=O)c2cc(O)c(O)c3c2C1[C@H](O)C(=O)O3. The molecular formula is C42H32O27. The van der Waals surface area contributed by atoms with Crippen LogP contribution in [-0.2, 0) is 47.5 Å². The van der Waals surface area contributed by atoms with E-state index in [-0.39, 0.29) is 6.47 Å². The van der Waals surface area contributed by atoms with E-state index in [9.17, 15) is 90.0 Å². The molecule has 69 heavy (non-hydrogen) atoms. The number of benzene rings is 4. The van der Waals surface area contributed by atoms with Crippen molar-refractivity contribution in [1.82, 2.24) is 0 Å². The summed E-state index contributed by atoms with van der Waals surface area (Å²) in [5.74, 6) is -26.8. The third-order valence-electron chi connectivity index (χ3n) is 11.5. The first-order valence-corrected chi connectivity index (χ1v) is 19.5. The lowest BCUT2D eigenvalue weighted by Crippen LogP contribution is -2.61. The second-order valence-corrected chi connectivity index (χ2v) is 15.5. The van der Waals surface area contributed by atoms with Crippen LogP contribution < -0.4 is 4.74 Å². The largest absolute Gasteiger partial charge is 0.504 e. The smallest absolute Gasteiger partial charge is 0.341 e. The number of carbonyl (C=O) groups is 7. The highest BCUT2D eigenvalue weighted by Gasteiger charge is 2.71. The van der Waals surface area contributed by atoms with E-state index in [4.69, 9.17) is 37.9 Å². The molecule has 2 fully saturated rings. The van der Waals surface area contributed by atoms with Crippen molar-refractivity contribution in [2.24, 2.45) is 5.92 Å². The fourth-order valence-electron chi connectivity index (χ4n) is 8.21. The summed E-state index contributed by atoms with van der Waals surface area (Å²) in [6, 6.07) is 4.05. The van der Waals surface area contributed by atoms with Crippen molar-refractivity contribution in [3.8, 4) is 69.0 Å². The van der Waals surface area contributed by atoms with E-state index in [0.717, 1.165) is 0 Å². The number of hydrogen-bond donors (Lipinski definition) is 12. The average molecular weight is 969 g/mol.